The summed E-state index contributed by atoms with van der Waals surface area (Å²) in [4.78, 5) is 41.4. The van der Waals surface area contributed by atoms with Crippen LogP contribution in [0.5, 0.6) is 0 Å². The van der Waals surface area contributed by atoms with Crippen LogP contribution in [0.3, 0.4) is 0 Å². The third-order valence-corrected chi connectivity index (χ3v) is 5.19. The van der Waals surface area contributed by atoms with E-state index in [-0.39, 0.29) is 17.8 Å². The molecule has 0 aliphatic carbocycles. The average Bonchev–Trinajstić information content (AvgIpc) is 2.79. The second-order valence-electron chi connectivity index (χ2n) is 6.60. The molecule has 3 rings (SSSR count). The van der Waals surface area contributed by atoms with Crippen molar-refractivity contribution in [1.29, 1.82) is 0 Å². The molecule has 3 saturated heterocycles. The van der Waals surface area contributed by atoms with Crippen molar-refractivity contribution in [3.05, 3.63) is 0 Å². The van der Waals surface area contributed by atoms with Gasteiger partial charge in [-0.1, -0.05) is 0 Å². The SMILES string of the molecule is CN1C(=O)NC2(CCN(CCC(=O)N3CCNCC3)CC2)C1=O. The summed E-state index contributed by atoms with van der Waals surface area (Å²) in [6, 6.07) is -0.308. The normalized spacial score (nSPS) is 25.1. The second kappa shape index (κ2) is 6.45. The minimum Gasteiger partial charge on any atom is -0.340 e. The van der Waals surface area contributed by atoms with E-state index in [2.05, 4.69) is 15.5 Å². The van der Waals surface area contributed by atoms with Gasteiger partial charge in [0.1, 0.15) is 5.54 Å². The first-order valence-electron chi connectivity index (χ1n) is 8.33. The van der Waals surface area contributed by atoms with E-state index >= 15 is 0 Å². The number of carbonyl (C=O) groups is 3. The van der Waals surface area contributed by atoms with Gasteiger partial charge in [-0.05, 0) is 12.8 Å². The molecule has 0 unspecified atom stereocenters. The number of piperidine rings is 1. The van der Waals surface area contributed by atoms with Crippen molar-refractivity contribution in [3.8, 4) is 0 Å². The number of likely N-dealkylation sites (tertiary alicyclic amines) is 1. The zero-order valence-corrected chi connectivity index (χ0v) is 13.6. The Kier molecular flexibility index (Phi) is 4.54. The number of carbonyl (C=O) groups excluding carboxylic acids is 3. The van der Waals surface area contributed by atoms with Crippen molar-refractivity contribution >= 4 is 17.8 Å². The van der Waals surface area contributed by atoms with E-state index in [4.69, 9.17) is 0 Å². The van der Waals surface area contributed by atoms with Gasteiger partial charge in [0, 0.05) is 59.3 Å². The Morgan fingerprint density at radius 1 is 1.13 bits per heavy atom. The highest BCUT2D eigenvalue weighted by molar-refractivity contribution is 6.06. The summed E-state index contributed by atoms with van der Waals surface area (Å²) in [7, 11) is 1.52. The summed E-state index contributed by atoms with van der Waals surface area (Å²) >= 11 is 0. The van der Waals surface area contributed by atoms with E-state index in [1.807, 2.05) is 4.90 Å². The summed E-state index contributed by atoms with van der Waals surface area (Å²) in [5, 5.41) is 6.07. The van der Waals surface area contributed by atoms with E-state index in [1.54, 1.807) is 0 Å². The Morgan fingerprint density at radius 3 is 2.35 bits per heavy atom. The lowest BCUT2D eigenvalue weighted by Crippen LogP contribution is -2.55. The van der Waals surface area contributed by atoms with Crippen molar-refractivity contribution in [1.82, 2.24) is 25.3 Å². The molecule has 2 N–H and O–H groups in total. The lowest BCUT2D eigenvalue weighted by Gasteiger charge is -2.37. The van der Waals surface area contributed by atoms with E-state index < -0.39 is 5.54 Å². The summed E-state index contributed by atoms with van der Waals surface area (Å²) in [6.45, 7) is 5.49. The Hall–Kier alpha value is -1.67. The van der Waals surface area contributed by atoms with Gasteiger partial charge in [0.05, 0.1) is 0 Å². The molecule has 3 heterocycles. The quantitative estimate of drug-likeness (QED) is 0.639. The molecule has 0 aromatic rings. The van der Waals surface area contributed by atoms with E-state index in [0.29, 0.717) is 19.3 Å². The van der Waals surface area contributed by atoms with Gasteiger partial charge in [-0.25, -0.2) is 4.79 Å². The third-order valence-electron chi connectivity index (χ3n) is 5.19. The number of imide groups is 1. The molecule has 128 valence electrons. The topological polar surface area (TPSA) is 85.0 Å². The molecule has 0 saturated carbocycles. The first-order valence-corrected chi connectivity index (χ1v) is 8.33. The Morgan fingerprint density at radius 2 is 1.78 bits per heavy atom. The van der Waals surface area contributed by atoms with Crippen LogP contribution in [0.25, 0.3) is 0 Å². The molecule has 3 aliphatic rings. The number of amides is 4. The smallest absolute Gasteiger partial charge is 0.324 e. The lowest BCUT2D eigenvalue weighted by atomic mass is 9.87. The predicted octanol–water partition coefficient (Wildman–Crippen LogP) is -1.18. The van der Waals surface area contributed by atoms with Gasteiger partial charge in [0.25, 0.3) is 5.91 Å². The number of urea groups is 1. The Bertz CT molecular complexity index is 495. The van der Waals surface area contributed by atoms with Crippen molar-refractivity contribution < 1.29 is 14.4 Å². The molecule has 23 heavy (non-hydrogen) atoms. The van der Waals surface area contributed by atoms with Crippen LogP contribution in [0.1, 0.15) is 19.3 Å². The van der Waals surface area contributed by atoms with Crippen LogP contribution in [0, 0.1) is 0 Å². The Balaban J connectivity index is 1.45. The number of piperazine rings is 1. The number of hydrogen-bond donors (Lipinski definition) is 2. The fourth-order valence-corrected chi connectivity index (χ4v) is 3.58. The fraction of sp³-hybridized carbons (Fsp3) is 0.800. The maximum Gasteiger partial charge on any atom is 0.324 e. The minimum absolute atomic E-state index is 0.126. The monoisotopic (exact) mass is 323 g/mol. The van der Waals surface area contributed by atoms with Crippen LogP contribution in [0.15, 0.2) is 0 Å². The molecular weight excluding hydrogens is 298 g/mol. The first-order chi connectivity index (χ1) is 11.0. The van der Waals surface area contributed by atoms with Crippen molar-refractivity contribution in [2.75, 3.05) is 52.9 Å². The molecule has 0 bridgehead atoms. The van der Waals surface area contributed by atoms with Gasteiger partial charge in [-0.15, -0.1) is 0 Å². The first kappa shape index (κ1) is 16.2. The molecular formula is C15H25N5O3. The van der Waals surface area contributed by atoms with Crippen molar-refractivity contribution in [3.63, 3.8) is 0 Å². The highest BCUT2D eigenvalue weighted by Gasteiger charge is 2.50. The molecule has 3 fully saturated rings. The molecule has 0 atom stereocenters. The largest absolute Gasteiger partial charge is 0.340 e. The molecule has 0 aromatic carbocycles. The zero-order valence-electron chi connectivity index (χ0n) is 13.6. The van der Waals surface area contributed by atoms with Crippen molar-refractivity contribution in [2.45, 2.75) is 24.8 Å². The van der Waals surface area contributed by atoms with Gasteiger partial charge < -0.3 is 20.4 Å². The fourth-order valence-electron chi connectivity index (χ4n) is 3.58. The molecule has 1 spiro atoms. The van der Waals surface area contributed by atoms with Gasteiger partial charge >= 0.3 is 6.03 Å². The maximum absolute atomic E-state index is 12.2. The number of nitrogens with zero attached hydrogens (tertiary/aromatic N) is 3. The lowest BCUT2D eigenvalue weighted by molar-refractivity contribution is -0.134. The second-order valence-corrected chi connectivity index (χ2v) is 6.60. The molecule has 3 aliphatic heterocycles. The van der Waals surface area contributed by atoms with E-state index in [1.165, 1.54) is 11.9 Å². The van der Waals surface area contributed by atoms with Gasteiger partial charge in [-0.2, -0.15) is 0 Å². The number of likely N-dealkylation sites (N-methyl/N-ethyl adjacent to an activating group) is 1. The summed E-state index contributed by atoms with van der Waals surface area (Å²) in [6.07, 6.45) is 1.75. The highest BCUT2D eigenvalue weighted by atomic mass is 16.2. The molecule has 8 heteroatoms. The van der Waals surface area contributed by atoms with Crippen LogP contribution in [0.4, 0.5) is 4.79 Å². The van der Waals surface area contributed by atoms with E-state index in [0.717, 1.165) is 45.8 Å². The van der Waals surface area contributed by atoms with Crippen LogP contribution in [0.2, 0.25) is 0 Å². The molecule has 0 aromatic heterocycles. The van der Waals surface area contributed by atoms with E-state index in [9.17, 15) is 14.4 Å². The standard InChI is InChI=1S/C15H25N5O3/c1-18-13(22)15(17-14(18)23)3-8-19(9-4-15)7-2-12(21)20-10-5-16-6-11-20/h16H,2-11H2,1H3,(H,17,23). The number of rotatable bonds is 3. The molecule has 8 nitrogen and oxygen atoms in total. The molecule has 0 radical (unpaired) electrons. The average molecular weight is 323 g/mol. The third kappa shape index (κ3) is 3.18. The van der Waals surface area contributed by atoms with Crippen LogP contribution in [-0.4, -0.2) is 90.9 Å². The Labute approximate surface area is 136 Å². The summed E-state index contributed by atoms with van der Waals surface area (Å²) in [5.74, 6) is 0.0795. The summed E-state index contributed by atoms with van der Waals surface area (Å²) in [5.41, 5.74) is -0.717. The van der Waals surface area contributed by atoms with Crippen LogP contribution >= 0.6 is 0 Å². The van der Waals surface area contributed by atoms with Crippen LogP contribution in [-0.2, 0) is 9.59 Å². The highest BCUT2D eigenvalue weighted by Crippen LogP contribution is 2.28. The van der Waals surface area contributed by atoms with Crippen LogP contribution < -0.4 is 10.6 Å². The van der Waals surface area contributed by atoms with Gasteiger partial charge in [0.2, 0.25) is 5.91 Å². The van der Waals surface area contributed by atoms with Crippen molar-refractivity contribution in [2.24, 2.45) is 0 Å². The predicted molar refractivity (Wildman–Crippen MR) is 83.8 cm³/mol. The maximum atomic E-state index is 12.2. The summed E-state index contributed by atoms with van der Waals surface area (Å²) < 4.78 is 0. The van der Waals surface area contributed by atoms with Gasteiger partial charge in [0.15, 0.2) is 0 Å². The van der Waals surface area contributed by atoms with Gasteiger partial charge in [-0.3, -0.25) is 14.5 Å². The molecule has 4 amide bonds. The number of hydrogen-bond acceptors (Lipinski definition) is 5. The minimum atomic E-state index is -0.717. The number of nitrogens with one attached hydrogen (secondary N) is 2. The zero-order chi connectivity index (χ0) is 16.4.